The zero-order valence-electron chi connectivity index (χ0n) is 11.4. The quantitative estimate of drug-likeness (QED) is 0.815. The molecule has 0 aliphatic rings. The van der Waals surface area contributed by atoms with Gasteiger partial charge in [0.2, 0.25) is 0 Å². The average Bonchev–Trinajstić information content (AvgIpc) is 2.90. The van der Waals surface area contributed by atoms with Crippen molar-refractivity contribution in [3.63, 3.8) is 0 Å². The zero-order chi connectivity index (χ0) is 15.3. The Hall–Kier alpha value is -1.47. The van der Waals surface area contributed by atoms with Crippen molar-refractivity contribution < 1.29 is 17.6 Å². The SMILES string of the molecule is CCNCc1ccc(CSc2ccc(C(F)(F)F)cn2)o1. The van der Waals surface area contributed by atoms with Crippen LogP contribution in [0.4, 0.5) is 13.2 Å². The Morgan fingerprint density at radius 1 is 1.19 bits per heavy atom. The van der Waals surface area contributed by atoms with Gasteiger partial charge in [0.15, 0.2) is 0 Å². The van der Waals surface area contributed by atoms with E-state index in [9.17, 15) is 13.2 Å². The fourth-order valence-corrected chi connectivity index (χ4v) is 2.36. The first-order chi connectivity index (χ1) is 9.99. The molecule has 0 bridgehead atoms. The summed E-state index contributed by atoms with van der Waals surface area (Å²) in [5.74, 6) is 2.15. The molecule has 3 nitrogen and oxygen atoms in total. The fourth-order valence-electron chi connectivity index (χ4n) is 1.62. The molecule has 21 heavy (non-hydrogen) atoms. The minimum Gasteiger partial charge on any atom is -0.464 e. The number of aromatic nitrogens is 1. The number of halogens is 3. The van der Waals surface area contributed by atoms with E-state index in [4.69, 9.17) is 4.42 Å². The van der Waals surface area contributed by atoms with Crippen LogP contribution < -0.4 is 5.32 Å². The molecule has 0 aliphatic carbocycles. The lowest BCUT2D eigenvalue weighted by Gasteiger charge is -2.06. The van der Waals surface area contributed by atoms with Crippen LogP contribution in [0.3, 0.4) is 0 Å². The van der Waals surface area contributed by atoms with Crippen LogP contribution in [-0.4, -0.2) is 11.5 Å². The number of furan rings is 1. The van der Waals surface area contributed by atoms with E-state index >= 15 is 0 Å². The van der Waals surface area contributed by atoms with E-state index < -0.39 is 11.7 Å². The van der Waals surface area contributed by atoms with Crippen LogP contribution in [0, 0.1) is 0 Å². The maximum absolute atomic E-state index is 12.4. The lowest BCUT2D eigenvalue weighted by Crippen LogP contribution is -2.10. The fraction of sp³-hybridized carbons (Fsp3) is 0.357. The summed E-state index contributed by atoms with van der Waals surface area (Å²) in [6, 6.07) is 6.16. The summed E-state index contributed by atoms with van der Waals surface area (Å²) in [7, 11) is 0. The monoisotopic (exact) mass is 316 g/mol. The highest BCUT2D eigenvalue weighted by atomic mass is 32.2. The van der Waals surface area contributed by atoms with Gasteiger partial charge >= 0.3 is 6.18 Å². The maximum atomic E-state index is 12.4. The highest BCUT2D eigenvalue weighted by Gasteiger charge is 2.30. The Balaban J connectivity index is 1.89. The van der Waals surface area contributed by atoms with Crippen LogP contribution in [0.2, 0.25) is 0 Å². The van der Waals surface area contributed by atoms with Crippen molar-refractivity contribution in [2.75, 3.05) is 6.54 Å². The summed E-state index contributed by atoms with van der Waals surface area (Å²) < 4.78 is 42.8. The smallest absolute Gasteiger partial charge is 0.417 e. The first-order valence-electron chi connectivity index (χ1n) is 6.43. The van der Waals surface area contributed by atoms with Gasteiger partial charge in [-0.1, -0.05) is 18.7 Å². The molecule has 2 aromatic rings. The number of pyridine rings is 1. The molecule has 2 rings (SSSR count). The Morgan fingerprint density at radius 3 is 2.57 bits per heavy atom. The lowest BCUT2D eigenvalue weighted by molar-refractivity contribution is -0.137. The number of nitrogens with one attached hydrogen (secondary N) is 1. The molecule has 114 valence electrons. The van der Waals surface area contributed by atoms with E-state index in [-0.39, 0.29) is 0 Å². The summed E-state index contributed by atoms with van der Waals surface area (Å²) >= 11 is 1.34. The Labute approximate surface area is 124 Å². The van der Waals surface area contributed by atoms with Crippen LogP contribution in [0.5, 0.6) is 0 Å². The molecule has 2 heterocycles. The van der Waals surface area contributed by atoms with Gasteiger partial charge in [-0.2, -0.15) is 13.2 Å². The number of rotatable bonds is 6. The van der Waals surface area contributed by atoms with Crippen molar-refractivity contribution in [3.05, 3.63) is 47.5 Å². The number of alkyl halides is 3. The van der Waals surface area contributed by atoms with Gasteiger partial charge in [-0.15, -0.1) is 0 Å². The van der Waals surface area contributed by atoms with Crippen LogP contribution in [-0.2, 0) is 18.5 Å². The van der Waals surface area contributed by atoms with Gasteiger partial charge in [-0.25, -0.2) is 4.98 Å². The molecular weight excluding hydrogens is 301 g/mol. The van der Waals surface area contributed by atoms with Crippen molar-refractivity contribution in [2.45, 2.75) is 30.4 Å². The predicted octanol–water partition coefficient (Wildman–Crippen LogP) is 4.10. The molecule has 0 unspecified atom stereocenters. The van der Waals surface area contributed by atoms with Crippen molar-refractivity contribution in [3.8, 4) is 0 Å². The summed E-state index contributed by atoms with van der Waals surface area (Å²) in [5.41, 5.74) is -0.738. The van der Waals surface area contributed by atoms with Gasteiger partial charge in [0.25, 0.3) is 0 Å². The number of hydrogen-bond donors (Lipinski definition) is 1. The first-order valence-corrected chi connectivity index (χ1v) is 7.42. The van der Waals surface area contributed by atoms with Crippen LogP contribution in [0.15, 0.2) is 39.9 Å². The van der Waals surface area contributed by atoms with E-state index in [1.807, 2.05) is 19.1 Å². The number of hydrogen-bond acceptors (Lipinski definition) is 4. The Kier molecular flexibility index (Phi) is 5.30. The van der Waals surface area contributed by atoms with Crippen molar-refractivity contribution >= 4 is 11.8 Å². The molecule has 0 amide bonds. The number of nitrogens with zero attached hydrogens (tertiary/aromatic N) is 1. The molecule has 0 atom stereocenters. The molecule has 1 N–H and O–H groups in total. The minimum absolute atomic E-state index is 0.532. The highest BCUT2D eigenvalue weighted by molar-refractivity contribution is 7.98. The van der Waals surface area contributed by atoms with Gasteiger partial charge in [-0.3, -0.25) is 0 Å². The third-order valence-corrected chi connectivity index (χ3v) is 3.66. The van der Waals surface area contributed by atoms with E-state index in [1.165, 1.54) is 17.8 Å². The Morgan fingerprint density at radius 2 is 1.95 bits per heavy atom. The highest BCUT2D eigenvalue weighted by Crippen LogP contribution is 2.30. The van der Waals surface area contributed by atoms with E-state index in [0.717, 1.165) is 30.3 Å². The second-order valence-electron chi connectivity index (χ2n) is 4.32. The molecule has 7 heteroatoms. The topological polar surface area (TPSA) is 38.1 Å². The molecule has 0 radical (unpaired) electrons. The summed E-state index contributed by atoms with van der Waals surface area (Å²) in [6.45, 7) is 3.54. The van der Waals surface area contributed by atoms with Gasteiger partial charge in [0, 0.05) is 6.20 Å². The average molecular weight is 316 g/mol. The first kappa shape index (κ1) is 15.9. The lowest BCUT2D eigenvalue weighted by atomic mass is 10.3. The number of thioether (sulfide) groups is 1. The van der Waals surface area contributed by atoms with Crippen molar-refractivity contribution in [2.24, 2.45) is 0 Å². The van der Waals surface area contributed by atoms with Crippen molar-refractivity contribution in [1.29, 1.82) is 0 Å². The molecule has 0 spiro atoms. The minimum atomic E-state index is -4.35. The zero-order valence-corrected chi connectivity index (χ0v) is 12.2. The molecular formula is C14H15F3N2OS. The molecule has 0 saturated heterocycles. The largest absolute Gasteiger partial charge is 0.464 e. The molecule has 2 aromatic heterocycles. The van der Waals surface area contributed by atoms with Gasteiger partial charge in [0.1, 0.15) is 11.5 Å². The maximum Gasteiger partial charge on any atom is 0.417 e. The second-order valence-corrected chi connectivity index (χ2v) is 5.32. The third-order valence-electron chi connectivity index (χ3n) is 2.69. The summed E-state index contributed by atoms with van der Waals surface area (Å²) in [4.78, 5) is 3.81. The van der Waals surface area contributed by atoms with Crippen molar-refractivity contribution in [1.82, 2.24) is 10.3 Å². The van der Waals surface area contributed by atoms with E-state index in [0.29, 0.717) is 17.3 Å². The summed E-state index contributed by atoms with van der Waals surface area (Å²) in [6.07, 6.45) is -3.50. The predicted molar refractivity (Wildman–Crippen MR) is 74.9 cm³/mol. The molecule has 0 saturated carbocycles. The van der Waals surface area contributed by atoms with Gasteiger partial charge in [0.05, 0.1) is 22.9 Å². The second kappa shape index (κ2) is 7.00. The van der Waals surface area contributed by atoms with Crippen LogP contribution in [0.1, 0.15) is 24.0 Å². The van der Waals surface area contributed by atoms with Crippen LogP contribution in [0.25, 0.3) is 0 Å². The standard InChI is InChI=1S/C14H15F3N2OS/c1-2-18-8-11-4-5-12(20-11)9-21-13-6-3-10(7-19-13)14(15,16)17/h3-7,18H,2,8-9H2,1H3. The summed E-state index contributed by atoms with van der Waals surface area (Å²) in [5, 5.41) is 3.69. The molecule has 0 aromatic carbocycles. The molecule has 0 fully saturated rings. The Bertz CT molecular complexity index is 566. The van der Waals surface area contributed by atoms with Crippen LogP contribution >= 0.6 is 11.8 Å². The van der Waals surface area contributed by atoms with E-state index in [1.54, 1.807) is 0 Å². The van der Waals surface area contributed by atoms with Gasteiger partial charge in [-0.05, 0) is 30.8 Å². The normalized spacial score (nSPS) is 11.8. The molecule has 0 aliphatic heterocycles. The van der Waals surface area contributed by atoms with E-state index in [2.05, 4.69) is 10.3 Å². The van der Waals surface area contributed by atoms with Gasteiger partial charge < -0.3 is 9.73 Å². The third kappa shape index (κ3) is 4.78.